The van der Waals surface area contributed by atoms with Gasteiger partial charge in [0.1, 0.15) is 17.3 Å². The van der Waals surface area contributed by atoms with E-state index >= 15 is 0 Å². The maximum Gasteiger partial charge on any atom is 0.178 e. The van der Waals surface area contributed by atoms with Crippen molar-refractivity contribution in [1.29, 1.82) is 0 Å². The van der Waals surface area contributed by atoms with E-state index in [-0.39, 0.29) is 22.7 Å². The van der Waals surface area contributed by atoms with Crippen molar-refractivity contribution in [3.8, 4) is 11.5 Å². The third-order valence-corrected chi connectivity index (χ3v) is 5.21. The molecule has 0 saturated carbocycles. The Hall–Kier alpha value is -2.53. The lowest BCUT2D eigenvalue weighted by Crippen LogP contribution is -2.45. The van der Waals surface area contributed by atoms with E-state index in [2.05, 4.69) is 5.32 Å². The highest BCUT2D eigenvalue weighted by Crippen LogP contribution is 2.48. The molecule has 2 aliphatic heterocycles. The second kappa shape index (κ2) is 5.77. The van der Waals surface area contributed by atoms with E-state index in [1.165, 1.54) is 19.1 Å². The third-order valence-electron chi connectivity index (χ3n) is 5.21. The molecule has 2 aromatic rings. The third kappa shape index (κ3) is 2.30. The highest BCUT2D eigenvalue weighted by atomic mass is 19.1. The molecule has 2 aromatic carbocycles. The van der Waals surface area contributed by atoms with Crippen LogP contribution in [0.25, 0.3) is 0 Å². The molecule has 1 N–H and O–H groups in total. The lowest BCUT2D eigenvalue weighted by molar-refractivity contribution is 0.0842. The summed E-state index contributed by atoms with van der Waals surface area (Å²) in [5, 5.41) is 3.27. The summed E-state index contributed by atoms with van der Waals surface area (Å²) in [4.78, 5) is 25.7. The smallest absolute Gasteiger partial charge is 0.178 e. The molecule has 0 aromatic heterocycles. The predicted octanol–water partition coefficient (Wildman–Crippen LogP) is 3.64. The Bertz CT molecular complexity index is 885. The van der Waals surface area contributed by atoms with Crippen LogP contribution in [0.3, 0.4) is 0 Å². The van der Waals surface area contributed by atoms with E-state index in [0.29, 0.717) is 31.7 Å². The van der Waals surface area contributed by atoms with Crippen molar-refractivity contribution in [2.24, 2.45) is 0 Å². The van der Waals surface area contributed by atoms with Gasteiger partial charge in [0.05, 0.1) is 16.5 Å². The molecule has 0 atom stereocenters. The first-order chi connectivity index (χ1) is 12.0. The van der Waals surface area contributed by atoms with Crippen LogP contribution >= 0.6 is 0 Å². The number of piperidine rings is 1. The van der Waals surface area contributed by atoms with Gasteiger partial charge in [0.15, 0.2) is 11.6 Å². The summed E-state index contributed by atoms with van der Waals surface area (Å²) in [5.41, 5.74) is -0.0862. The van der Waals surface area contributed by atoms with Crippen LogP contribution < -0.4 is 10.1 Å². The first kappa shape index (κ1) is 16.0. The molecule has 4 rings (SSSR count). The van der Waals surface area contributed by atoms with Gasteiger partial charge in [0.2, 0.25) is 0 Å². The van der Waals surface area contributed by atoms with Crippen molar-refractivity contribution in [2.45, 2.75) is 25.2 Å². The summed E-state index contributed by atoms with van der Waals surface area (Å²) in [6.07, 6.45) is 1.17. The zero-order valence-corrected chi connectivity index (χ0v) is 13.9. The predicted molar refractivity (Wildman–Crippen MR) is 91.0 cm³/mol. The molecule has 2 aliphatic rings. The maximum absolute atomic E-state index is 14.4. The summed E-state index contributed by atoms with van der Waals surface area (Å²) >= 11 is 0. The maximum atomic E-state index is 14.4. The number of carbonyl (C=O) groups is 2. The van der Waals surface area contributed by atoms with Crippen LogP contribution in [0.2, 0.25) is 0 Å². The molecule has 0 bridgehead atoms. The Kier molecular flexibility index (Phi) is 3.69. The highest BCUT2D eigenvalue weighted by Gasteiger charge is 2.47. The lowest BCUT2D eigenvalue weighted by Gasteiger charge is -2.36. The van der Waals surface area contributed by atoms with E-state index < -0.39 is 17.0 Å². The van der Waals surface area contributed by atoms with Gasteiger partial charge in [0.25, 0.3) is 0 Å². The Morgan fingerprint density at radius 1 is 1.12 bits per heavy atom. The standard InChI is InChI=1S/C20H18FNO3/c1-12(23)17-14(21)6-7-16-18(17)19(24)20(8-10-22-11-9-20)13-4-2-3-5-15(13)25-16/h2-7,22H,8-11H2,1H3. The minimum atomic E-state index is -0.801. The molecule has 2 heterocycles. The fraction of sp³-hybridized carbons (Fsp3) is 0.300. The number of rotatable bonds is 1. The molecule has 0 unspecified atom stereocenters. The van der Waals surface area contributed by atoms with E-state index in [1.807, 2.05) is 24.3 Å². The Morgan fingerprint density at radius 2 is 1.84 bits per heavy atom. The SMILES string of the molecule is CC(=O)c1c(F)ccc2c1C(=O)C1(CCNCC1)c1ccccc1O2. The van der Waals surface area contributed by atoms with Crippen LogP contribution in [0.1, 0.15) is 46.0 Å². The van der Waals surface area contributed by atoms with Crippen LogP contribution in [0.4, 0.5) is 4.39 Å². The number of fused-ring (bicyclic) bond motifs is 3. The highest BCUT2D eigenvalue weighted by molar-refractivity contribution is 6.14. The molecule has 0 radical (unpaired) electrons. The lowest BCUT2D eigenvalue weighted by atomic mass is 9.67. The van der Waals surface area contributed by atoms with Crippen molar-refractivity contribution >= 4 is 11.6 Å². The van der Waals surface area contributed by atoms with Crippen molar-refractivity contribution in [3.63, 3.8) is 0 Å². The number of nitrogens with one attached hydrogen (secondary N) is 1. The van der Waals surface area contributed by atoms with Gasteiger partial charge in [-0.2, -0.15) is 0 Å². The first-order valence-corrected chi connectivity index (χ1v) is 8.41. The largest absolute Gasteiger partial charge is 0.456 e. The summed E-state index contributed by atoms with van der Waals surface area (Å²) < 4.78 is 20.4. The minimum absolute atomic E-state index is 0.0746. The molecule has 5 heteroatoms. The van der Waals surface area contributed by atoms with Gasteiger partial charge in [-0.25, -0.2) is 4.39 Å². The van der Waals surface area contributed by atoms with Crippen molar-refractivity contribution in [3.05, 3.63) is 58.9 Å². The summed E-state index contributed by atoms with van der Waals surface area (Å²) in [6, 6.07) is 10.1. The molecule has 0 aliphatic carbocycles. The van der Waals surface area contributed by atoms with Gasteiger partial charge in [-0.3, -0.25) is 9.59 Å². The van der Waals surface area contributed by atoms with Gasteiger partial charge in [0, 0.05) is 5.56 Å². The van der Waals surface area contributed by atoms with Gasteiger partial charge in [-0.05, 0) is 51.1 Å². The van der Waals surface area contributed by atoms with Gasteiger partial charge in [-0.1, -0.05) is 18.2 Å². The second-order valence-corrected chi connectivity index (χ2v) is 6.61. The Labute approximate surface area is 145 Å². The summed E-state index contributed by atoms with van der Waals surface area (Å²) in [6.45, 7) is 2.64. The summed E-state index contributed by atoms with van der Waals surface area (Å²) in [5.74, 6) is -0.532. The first-order valence-electron chi connectivity index (χ1n) is 8.41. The quantitative estimate of drug-likeness (QED) is 0.806. The number of ketones is 2. The van der Waals surface area contributed by atoms with E-state index in [4.69, 9.17) is 4.74 Å². The monoisotopic (exact) mass is 339 g/mol. The van der Waals surface area contributed by atoms with Gasteiger partial charge >= 0.3 is 0 Å². The minimum Gasteiger partial charge on any atom is -0.456 e. The van der Waals surface area contributed by atoms with E-state index in [9.17, 15) is 14.0 Å². The van der Waals surface area contributed by atoms with Crippen molar-refractivity contribution in [2.75, 3.05) is 13.1 Å². The number of carbonyl (C=O) groups excluding carboxylic acids is 2. The average Bonchev–Trinajstić information content (AvgIpc) is 2.71. The number of para-hydroxylation sites is 1. The molecule has 0 amide bonds. The zero-order chi connectivity index (χ0) is 17.6. The molecule has 128 valence electrons. The molecular formula is C20H18FNO3. The number of benzene rings is 2. The van der Waals surface area contributed by atoms with Crippen LogP contribution in [0, 0.1) is 5.82 Å². The molecular weight excluding hydrogens is 321 g/mol. The van der Waals surface area contributed by atoms with Crippen LogP contribution in [0.5, 0.6) is 11.5 Å². The molecule has 1 saturated heterocycles. The average molecular weight is 339 g/mol. The van der Waals surface area contributed by atoms with Crippen molar-refractivity contribution in [1.82, 2.24) is 5.32 Å². The Morgan fingerprint density at radius 3 is 2.56 bits per heavy atom. The normalized spacial score (nSPS) is 18.1. The number of halogens is 1. The molecule has 25 heavy (non-hydrogen) atoms. The van der Waals surface area contributed by atoms with Gasteiger partial charge < -0.3 is 10.1 Å². The van der Waals surface area contributed by atoms with Crippen LogP contribution in [-0.4, -0.2) is 24.7 Å². The second-order valence-electron chi connectivity index (χ2n) is 6.61. The fourth-order valence-electron chi connectivity index (χ4n) is 3.99. The van der Waals surface area contributed by atoms with E-state index in [0.717, 1.165) is 5.56 Å². The fourth-order valence-corrected chi connectivity index (χ4v) is 3.99. The topological polar surface area (TPSA) is 55.4 Å². The van der Waals surface area contributed by atoms with Crippen molar-refractivity contribution < 1.29 is 18.7 Å². The summed E-state index contributed by atoms with van der Waals surface area (Å²) in [7, 11) is 0. The molecule has 1 spiro atoms. The molecule has 1 fully saturated rings. The van der Waals surface area contributed by atoms with E-state index in [1.54, 1.807) is 0 Å². The van der Waals surface area contributed by atoms with Crippen LogP contribution in [0.15, 0.2) is 36.4 Å². The number of Topliss-reactive ketones (excluding diaryl/α,β-unsaturated/α-hetero) is 2. The number of hydrogen-bond donors (Lipinski definition) is 1. The van der Waals surface area contributed by atoms with Crippen LogP contribution in [-0.2, 0) is 5.41 Å². The van der Waals surface area contributed by atoms with Gasteiger partial charge in [-0.15, -0.1) is 0 Å². The number of hydrogen-bond acceptors (Lipinski definition) is 4. The molecule has 4 nitrogen and oxygen atoms in total. The zero-order valence-electron chi connectivity index (χ0n) is 13.9. The Balaban J connectivity index is 2.04. The number of ether oxygens (including phenoxy) is 1.